The van der Waals surface area contributed by atoms with E-state index in [1.807, 2.05) is 44.2 Å². The van der Waals surface area contributed by atoms with Crippen LogP contribution in [0.4, 0.5) is 5.69 Å². The van der Waals surface area contributed by atoms with E-state index in [1.54, 1.807) is 25.2 Å². The van der Waals surface area contributed by atoms with Crippen molar-refractivity contribution in [3.8, 4) is 0 Å². The molecule has 2 N–H and O–H groups in total. The van der Waals surface area contributed by atoms with Gasteiger partial charge >= 0.3 is 5.97 Å². The largest absolute Gasteiger partial charge is 0.481 e. The van der Waals surface area contributed by atoms with Crippen molar-refractivity contribution in [2.75, 3.05) is 18.5 Å². The van der Waals surface area contributed by atoms with Crippen LogP contribution in [0.1, 0.15) is 41.0 Å². The number of rotatable bonds is 8. The van der Waals surface area contributed by atoms with Crippen molar-refractivity contribution in [2.45, 2.75) is 20.3 Å². The van der Waals surface area contributed by atoms with E-state index in [2.05, 4.69) is 5.32 Å². The SMILES string of the molecule is CC(C)CC(CNC(=O)c1cccc(C(=O)N(C)c2ccccc2)c1)C(=O)O. The van der Waals surface area contributed by atoms with Gasteiger partial charge < -0.3 is 15.3 Å². The van der Waals surface area contributed by atoms with Gasteiger partial charge in [0, 0.05) is 30.4 Å². The molecule has 0 fully saturated rings. The minimum absolute atomic E-state index is 0.0500. The number of carboxylic acid groups (broad SMARTS) is 1. The van der Waals surface area contributed by atoms with Crippen LogP contribution >= 0.6 is 0 Å². The Kier molecular flexibility index (Phi) is 7.32. The second-order valence-electron chi connectivity index (χ2n) is 7.16. The van der Waals surface area contributed by atoms with Gasteiger partial charge in [-0.1, -0.05) is 38.1 Å². The minimum atomic E-state index is -0.928. The maximum Gasteiger partial charge on any atom is 0.308 e. The van der Waals surface area contributed by atoms with E-state index >= 15 is 0 Å². The van der Waals surface area contributed by atoms with E-state index < -0.39 is 17.8 Å². The molecule has 2 aromatic rings. The average molecular weight is 382 g/mol. The molecule has 2 rings (SSSR count). The highest BCUT2D eigenvalue weighted by Gasteiger charge is 2.21. The molecule has 0 spiro atoms. The fraction of sp³-hybridized carbons (Fsp3) is 0.318. The number of carbonyl (C=O) groups is 3. The number of para-hydroxylation sites is 1. The molecule has 0 bridgehead atoms. The van der Waals surface area contributed by atoms with Crippen LogP contribution in [-0.2, 0) is 4.79 Å². The van der Waals surface area contributed by atoms with E-state index in [4.69, 9.17) is 0 Å². The molecule has 0 aliphatic heterocycles. The van der Waals surface area contributed by atoms with Crippen molar-refractivity contribution < 1.29 is 19.5 Å². The molecule has 6 heteroatoms. The molecule has 1 atom stereocenters. The van der Waals surface area contributed by atoms with Crippen molar-refractivity contribution in [1.29, 1.82) is 0 Å². The quantitative estimate of drug-likeness (QED) is 0.732. The molecule has 0 saturated heterocycles. The zero-order valence-electron chi connectivity index (χ0n) is 16.4. The highest BCUT2D eigenvalue weighted by atomic mass is 16.4. The molecule has 0 aliphatic carbocycles. The highest BCUT2D eigenvalue weighted by molar-refractivity contribution is 6.07. The fourth-order valence-corrected chi connectivity index (χ4v) is 2.91. The zero-order chi connectivity index (χ0) is 20.7. The number of amides is 2. The van der Waals surface area contributed by atoms with Crippen molar-refractivity contribution >= 4 is 23.5 Å². The summed E-state index contributed by atoms with van der Waals surface area (Å²) in [5, 5.41) is 12.0. The van der Waals surface area contributed by atoms with E-state index in [-0.39, 0.29) is 18.4 Å². The molecule has 2 amide bonds. The van der Waals surface area contributed by atoms with Crippen LogP contribution in [0.15, 0.2) is 54.6 Å². The monoisotopic (exact) mass is 382 g/mol. The lowest BCUT2D eigenvalue weighted by Crippen LogP contribution is -2.34. The van der Waals surface area contributed by atoms with Gasteiger partial charge in [-0.05, 0) is 42.7 Å². The average Bonchev–Trinajstić information content (AvgIpc) is 2.70. The Hall–Kier alpha value is -3.15. The maximum atomic E-state index is 12.7. The van der Waals surface area contributed by atoms with Crippen LogP contribution in [-0.4, -0.2) is 36.5 Å². The normalized spacial score (nSPS) is 11.7. The number of nitrogens with zero attached hydrogens (tertiary/aromatic N) is 1. The number of anilines is 1. The summed E-state index contributed by atoms with van der Waals surface area (Å²) in [5.74, 6) is -1.98. The van der Waals surface area contributed by atoms with Crippen LogP contribution < -0.4 is 10.2 Å². The van der Waals surface area contributed by atoms with E-state index in [9.17, 15) is 19.5 Å². The van der Waals surface area contributed by atoms with Crippen LogP contribution in [0, 0.1) is 11.8 Å². The first-order valence-electron chi connectivity index (χ1n) is 9.23. The smallest absolute Gasteiger partial charge is 0.308 e. The molecule has 0 aliphatic rings. The summed E-state index contributed by atoms with van der Waals surface area (Å²) >= 11 is 0. The Bertz CT molecular complexity index is 833. The number of hydrogen-bond donors (Lipinski definition) is 2. The lowest BCUT2D eigenvalue weighted by Gasteiger charge is -2.18. The first-order chi connectivity index (χ1) is 13.3. The van der Waals surface area contributed by atoms with Gasteiger partial charge in [0.25, 0.3) is 11.8 Å². The third-order valence-corrected chi connectivity index (χ3v) is 4.43. The standard InChI is InChI=1S/C22H26N2O4/c1-15(2)12-18(22(27)28)14-23-20(25)16-8-7-9-17(13-16)21(26)24(3)19-10-5-4-6-11-19/h4-11,13,15,18H,12,14H2,1-3H3,(H,23,25)(H,27,28). The van der Waals surface area contributed by atoms with Gasteiger partial charge in [0.15, 0.2) is 0 Å². The Morgan fingerprint density at radius 1 is 1.00 bits per heavy atom. The van der Waals surface area contributed by atoms with E-state index in [0.29, 0.717) is 17.5 Å². The van der Waals surface area contributed by atoms with Crippen molar-refractivity contribution in [3.63, 3.8) is 0 Å². The number of nitrogens with one attached hydrogen (secondary N) is 1. The molecule has 1 unspecified atom stereocenters. The summed E-state index contributed by atoms with van der Waals surface area (Å²) in [5.41, 5.74) is 1.46. The first kappa shape index (κ1) is 21.2. The number of carbonyl (C=O) groups excluding carboxylic acids is 2. The number of aliphatic carboxylic acids is 1. The summed E-state index contributed by atoms with van der Waals surface area (Å²) in [6.07, 6.45) is 0.482. The molecule has 28 heavy (non-hydrogen) atoms. The van der Waals surface area contributed by atoms with Gasteiger partial charge in [-0.3, -0.25) is 14.4 Å². The number of benzene rings is 2. The Balaban J connectivity index is 2.08. The Morgan fingerprint density at radius 2 is 1.64 bits per heavy atom. The maximum absolute atomic E-state index is 12.7. The summed E-state index contributed by atoms with van der Waals surface area (Å²) < 4.78 is 0. The van der Waals surface area contributed by atoms with Gasteiger partial charge in [0.05, 0.1) is 5.92 Å². The van der Waals surface area contributed by atoms with Gasteiger partial charge in [-0.25, -0.2) is 0 Å². The van der Waals surface area contributed by atoms with Crippen molar-refractivity contribution in [3.05, 3.63) is 65.7 Å². The molecule has 0 aromatic heterocycles. The Morgan fingerprint density at radius 3 is 2.25 bits per heavy atom. The predicted octanol–water partition coefficient (Wildman–Crippen LogP) is 3.44. The fourth-order valence-electron chi connectivity index (χ4n) is 2.91. The molecule has 6 nitrogen and oxygen atoms in total. The summed E-state index contributed by atoms with van der Waals surface area (Å²) in [6, 6.07) is 15.6. The van der Waals surface area contributed by atoms with Crippen LogP contribution in [0.25, 0.3) is 0 Å². The summed E-state index contributed by atoms with van der Waals surface area (Å²) in [4.78, 5) is 38.0. The lowest BCUT2D eigenvalue weighted by molar-refractivity contribution is -0.142. The zero-order valence-corrected chi connectivity index (χ0v) is 16.4. The molecule has 0 radical (unpaired) electrons. The molecule has 0 saturated carbocycles. The van der Waals surface area contributed by atoms with Gasteiger partial charge in [0.1, 0.15) is 0 Å². The molecular weight excluding hydrogens is 356 g/mol. The van der Waals surface area contributed by atoms with Crippen LogP contribution in [0.3, 0.4) is 0 Å². The second kappa shape index (κ2) is 9.69. The van der Waals surface area contributed by atoms with Crippen molar-refractivity contribution in [1.82, 2.24) is 5.32 Å². The minimum Gasteiger partial charge on any atom is -0.481 e. The van der Waals surface area contributed by atoms with Crippen molar-refractivity contribution in [2.24, 2.45) is 11.8 Å². The highest BCUT2D eigenvalue weighted by Crippen LogP contribution is 2.16. The molecular formula is C22H26N2O4. The molecule has 148 valence electrons. The van der Waals surface area contributed by atoms with Crippen LogP contribution in [0.2, 0.25) is 0 Å². The van der Waals surface area contributed by atoms with Gasteiger partial charge in [-0.2, -0.15) is 0 Å². The van der Waals surface area contributed by atoms with E-state index in [1.165, 1.54) is 11.0 Å². The summed E-state index contributed by atoms with van der Waals surface area (Å²) in [7, 11) is 1.67. The van der Waals surface area contributed by atoms with Crippen LogP contribution in [0.5, 0.6) is 0 Å². The predicted molar refractivity (Wildman–Crippen MR) is 109 cm³/mol. The molecule has 2 aromatic carbocycles. The first-order valence-corrected chi connectivity index (χ1v) is 9.23. The topological polar surface area (TPSA) is 86.7 Å². The third kappa shape index (κ3) is 5.67. The summed E-state index contributed by atoms with van der Waals surface area (Å²) in [6.45, 7) is 3.93. The third-order valence-electron chi connectivity index (χ3n) is 4.43. The lowest BCUT2D eigenvalue weighted by atomic mass is 9.97. The van der Waals surface area contributed by atoms with Gasteiger partial charge in [-0.15, -0.1) is 0 Å². The van der Waals surface area contributed by atoms with E-state index in [0.717, 1.165) is 5.69 Å². The Labute approximate surface area is 165 Å². The number of carboxylic acids is 1. The second-order valence-corrected chi connectivity index (χ2v) is 7.16. The molecule has 0 heterocycles. The number of hydrogen-bond acceptors (Lipinski definition) is 3. The van der Waals surface area contributed by atoms with Gasteiger partial charge in [0.2, 0.25) is 0 Å².